The second-order valence-corrected chi connectivity index (χ2v) is 4.38. The van der Waals surface area contributed by atoms with Gasteiger partial charge in [0.25, 0.3) is 5.69 Å². The molecule has 1 N–H and O–H groups in total. The van der Waals surface area contributed by atoms with Crippen LogP contribution in [0.2, 0.25) is 0 Å². The molecule has 0 saturated carbocycles. The summed E-state index contributed by atoms with van der Waals surface area (Å²) in [5.41, 5.74) is 2.15. The van der Waals surface area contributed by atoms with Gasteiger partial charge in [-0.3, -0.25) is 10.1 Å². The van der Waals surface area contributed by atoms with E-state index in [-0.39, 0.29) is 10.6 Å². The van der Waals surface area contributed by atoms with Crippen molar-refractivity contribution in [3.8, 4) is 5.75 Å². The van der Waals surface area contributed by atoms with Crippen LogP contribution in [0.3, 0.4) is 0 Å². The molecule has 5 nitrogen and oxygen atoms in total. The first kappa shape index (κ1) is 14.0. The molecule has 0 heterocycles. The molecule has 20 heavy (non-hydrogen) atoms. The predicted molar refractivity (Wildman–Crippen MR) is 76.6 cm³/mol. The van der Waals surface area contributed by atoms with Crippen molar-refractivity contribution in [2.75, 3.05) is 7.11 Å². The van der Waals surface area contributed by atoms with Gasteiger partial charge in [-0.05, 0) is 23.3 Å². The van der Waals surface area contributed by atoms with Crippen molar-refractivity contribution in [2.45, 2.75) is 13.1 Å². The van der Waals surface area contributed by atoms with Crippen LogP contribution in [-0.4, -0.2) is 12.0 Å². The quantitative estimate of drug-likeness (QED) is 0.648. The fourth-order valence-corrected chi connectivity index (χ4v) is 1.87. The molecule has 0 unspecified atom stereocenters. The first-order valence-electron chi connectivity index (χ1n) is 6.26. The zero-order valence-electron chi connectivity index (χ0n) is 11.2. The highest BCUT2D eigenvalue weighted by Crippen LogP contribution is 2.14. The molecule has 0 spiro atoms. The van der Waals surface area contributed by atoms with Crippen molar-refractivity contribution >= 4 is 5.69 Å². The summed E-state index contributed by atoms with van der Waals surface area (Å²) < 4.78 is 5.09. The van der Waals surface area contributed by atoms with Gasteiger partial charge in [0.1, 0.15) is 5.75 Å². The summed E-state index contributed by atoms with van der Waals surface area (Å²) in [5.74, 6) is 0.826. The Bertz CT molecular complexity index is 582. The summed E-state index contributed by atoms with van der Waals surface area (Å²) in [6, 6.07) is 14.4. The molecule has 0 atom stereocenters. The van der Waals surface area contributed by atoms with Crippen LogP contribution >= 0.6 is 0 Å². The fraction of sp³-hybridized carbons (Fsp3) is 0.200. The number of ether oxygens (including phenoxy) is 1. The summed E-state index contributed by atoms with van der Waals surface area (Å²) in [4.78, 5) is 10.3. The summed E-state index contributed by atoms with van der Waals surface area (Å²) in [6.45, 7) is 1.29. The average Bonchev–Trinajstić information content (AvgIpc) is 2.48. The number of nitrogens with zero attached hydrogens (tertiary/aromatic N) is 1. The Kier molecular flexibility index (Phi) is 4.68. The Morgan fingerprint density at radius 1 is 1.10 bits per heavy atom. The highest BCUT2D eigenvalue weighted by atomic mass is 16.6. The minimum Gasteiger partial charge on any atom is -0.497 e. The Balaban J connectivity index is 1.88. The van der Waals surface area contributed by atoms with Gasteiger partial charge >= 0.3 is 0 Å². The van der Waals surface area contributed by atoms with Crippen LogP contribution < -0.4 is 10.1 Å². The van der Waals surface area contributed by atoms with Crippen molar-refractivity contribution in [2.24, 2.45) is 0 Å². The van der Waals surface area contributed by atoms with E-state index in [0.717, 1.165) is 16.9 Å². The lowest BCUT2D eigenvalue weighted by molar-refractivity contribution is -0.384. The number of rotatable bonds is 6. The SMILES string of the molecule is COc1ccc(CNCc2cccc([N+](=O)[O-])c2)cc1. The Morgan fingerprint density at radius 3 is 2.45 bits per heavy atom. The van der Waals surface area contributed by atoms with E-state index in [4.69, 9.17) is 4.74 Å². The Hall–Kier alpha value is -2.40. The van der Waals surface area contributed by atoms with Crippen LogP contribution in [0.15, 0.2) is 48.5 Å². The molecule has 0 amide bonds. The van der Waals surface area contributed by atoms with E-state index in [0.29, 0.717) is 13.1 Å². The molecule has 0 aliphatic rings. The van der Waals surface area contributed by atoms with Gasteiger partial charge in [-0.2, -0.15) is 0 Å². The number of nitrogens with one attached hydrogen (secondary N) is 1. The van der Waals surface area contributed by atoms with Gasteiger partial charge in [0.15, 0.2) is 0 Å². The van der Waals surface area contributed by atoms with Crippen LogP contribution in [0.25, 0.3) is 0 Å². The fourth-order valence-electron chi connectivity index (χ4n) is 1.87. The molecule has 0 aliphatic carbocycles. The van der Waals surface area contributed by atoms with E-state index in [1.165, 1.54) is 6.07 Å². The van der Waals surface area contributed by atoms with E-state index in [2.05, 4.69) is 5.32 Å². The molecular formula is C15H16N2O3. The third kappa shape index (κ3) is 3.80. The van der Waals surface area contributed by atoms with Gasteiger partial charge < -0.3 is 10.1 Å². The van der Waals surface area contributed by atoms with E-state index in [1.54, 1.807) is 19.2 Å². The molecule has 0 saturated heterocycles. The highest BCUT2D eigenvalue weighted by Gasteiger charge is 2.05. The summed E-state index contributed by atoms with van der Waals surface area (Å²) in [5, 5.41) is 13.9. The van der Waals surface area contributed by atoms with Gasteiger partial charge in [-0.15, -0.1) is 0 Å². The summed E-state index contributed by atoms with van der Waals surface area (Å²) >= 11 is 0. The van der Waals surface area contributed by atoms with Crippen LogP contribution in [0.1, 0.15) is 11.1 Å². The number of benzene rings is 2. The molecule has 0 fully saturated rings. The van der Waals surface area contributed by atoms with Crippen LogP contribution in [0, 0.1) is 10.1 Å². The number of hydrogen-bond acceptors (Lipinski definition) is 4. The van der Waals surface area contributed by atoms with E-state index >= 15 is 0 Å². The first-order valence-corrected chi connectivity index (χ1v) is 6.26. The van der Waals surface area contributed by atoms with E-state index in [9.17, 15) is 10.1 Å². The van der Waals surface area contributed by atoms with Crippen LogP contribution in [0.4, 0.5) is 5.69 Å². The smallest absolute Gasteiger partial charge is 0.269 e. The maximum atomic E-state index is 10.7. The second kappa shape index (κ2) is 6.68. The third-order valence-electron chi connectivity index (χ3n) is 2.94. The molecule has 0 radical (unpaired) electrons. The van der Waals surface area contributed by atoms with Gasteiger partial charge in [-0.25, -0.2) is 0 Å². The van der Waals surface area contributed by atoms with Gasteiger partial charge in [0.2, 0.25) is 0 Å². The molecule has 5 heteroatoms. The molecule has 104 valence electrons. The third-order valence-corrected chi connectivity index (χ3v) is 2.94. The largest absolute Gasteiger partial charge is 0.497 e. The lowest BCUT2D eigenvalue weighted by atomic mass is 10.2. The Morgan fingerprint density at radius 2 is 1.80 bits per heavy atom. The van der Waals surface area contributed by atoms with Crippen molar-refractivity contribution < 1.29 is 9.66 Å². The lowest BCUT2D eigenvalue weighted by Gasteiger charge is -2.06. The van der Waals surface area contributed by atoms with Crippen molar-refractivity contribution in [3.63, 3.8) is 0 Å². The molecule has 2 aromatic rings. The minimum absolute atomic E-state index is 0.119. The summed E-state index contributed by atoms with van der Waals surface area (Å²) in [7, 11) is 1.63. The van der Waals surface area contributed by atoms with E-state index < -0.39 is 0 Å². The number of methoxy groups -OCH3 is 1. The van der Waals surface area contributed by atoms with Crippen molar-refractivity contribution in [1.29, 1.82) is 0 Å². The second-order valence-electron chi connectivity index (χ2n) is 4.38. The molecule has 0 aliphatic heterocycles. The lowest BCUT2D eigenvalue weighted by Crippen LogP contribution is -2.12. The summed E-state index contributed by atoms with van der Waals surface area (Å²) in [6.07, 6.45) is 0. The molecule has 2 rings (SSSR count). The monoisotopic (exact) mass is 272 g/mol. The predicted octanol–water partition coefficient (Wildman–Crippen LogP) is 2.89. The zero-order chi connectivity index (χ0) is 14.4. The molecule has 0 aromatic heterocycles. The molecular weight excluding hydrogens is 256 g/mol. The molecule has 2 aromatic carbocycles. The van der Waals surface area contributed by atoms with Gasteiger partial charge in [0.05, 0.1) is 12.0 Å². The van der Waals surface area contributed by atoms with Crippen molar-refractivity contribution in [1.82, 2.24) is 5.32 Å². The normalized spacial score (nSPS) is 10.2. The van der Waals surface area contributed by atoms with E-state index in [1.807, 2.05) is 30.3 Å². The minimum atomic E-state index is -0.382. The zero-order valence-corrected chi connectivity index (χ0v) is 11.2. The van der Waals surface area contributed by atoms with Gasteiger partial charge in [-0.1, -0.05) is 24.3 Å². The standard InChI is InChI=1S/C15H16N2O3/c1-20-15-7-5-12(6-8-15)10-16-11-13-3-2-4-14(9-13)17(18)19/h2-9,16H,10-11H2,1H3. The maximum Gasteiger partial charge on any atom is 0.269 e. The van der Waals surface area contributed by atoms with Gasteiger partial charge in [0, 0.05) is 25.2 Å². The van der Waals surface area contributed by atoms with Crippen molar-refractivity contribution in [3.05, 3.63) is 69.8 Å². The topological polar surface area (TPSA) is 64.4 Å². The van der Waals surface area contributed by atoms with Crippen LogP contribution in [0.5, 0.6) is 5.75 Å². The average molecular weight is 272 g/mol. The molecule has 0 bridgehead atoms. The number of nitro groups is 1. The maximum absolute atomic E-state index is 10.7. The number of non-ortho nitro benzene ring substituents is 1. The Labute approximate surface area is 117 Å². The number of hydrogen-bond donors (Lipinski definition) is 1. The highest BCUT2D eigenvalue weighted by molar-refractivity contribution is 5.34. The number of nitro benzene ring substituents is 1. The van der Waals surface area contributed by atoms with Crippen LogP contribution in [-0.2, 0) is 13.1 Å². The first-order chi connectivity index (χ1) is 9.69.